The maximum absolute atomic E-state index is 13.5. The second-order valence-corrected chi connectivity index (χ2v) is 9.68. The summed E-state index contributed by atoms with van der Waals surface area (Å²) in [4.78, 5) is 26.7. The lowest BCUT2D eigenvalue weighted by Gasteiger charge is -2.11. The summed E-state index contributed by atoms with van der Waals surface area (Å²) < 4.78 is 21.0. The lowest BCUT2D eigenvalue weighted by Crippen LogP contribution is -2.23. The van der Waals surface area contributed by atoms with Gasteiger partial charge < -0.3 is 10.1 Å². The number of aryl methyl sites for hydroxylation is 2. The molecule has 192 valence electrons. The molecular formula is C27H24FN7O2S. The zero-order valence-electron chi connectivity index (χ0n) is 20.8. The van der Waals surface area contributed by atoms with E-state index < -0.39 is 11.7 Å². The molecule has 0 aromatic carbocycles. The molecule has 0 saturated heterocycles. The monoisotopic (exact) mass is 529 g/mol. The molecule has 1 N–H and O–H groups in total. The van der Waals surface area contributed by atoms with E-state index in [0.717, 1.165) is 16.1 Å². The van der Waals surface area contributed by atoms with Gasteiger partial charge in [-0.05, 0) is 50.6 Å². The van der Waals surface area contributed by atoms with Gasteiger partial charge in [-0.1, -0.05) is 6.58 Å². The summed E-state index contributed by atoms with van der Waals surface area (Å²) in [6, 6.07) is 10.6. The molecular weight excluding hydrogens is 505 g/mol. The van der Waals surface area contributed by atoms with Crippen molar-refractivity contribution in [1.82, 2.24) is 35.0 Å². The summed E-state index contributed by atoms with van der Waals surface area (Å²) in [6.07, 6.45) is 5.08. The molecule has 38 heavy (non-hydrogen) atoms. The summed E-state index contributed by atoms with van der Waals surface area (Å²) in [5, 5.41) is 12.6. The van der Waals surface area contributed by atoms with Crippen LogP contribution in [0.1, 0.15) is 34.4 Å². The number of carbonyl (C=O) groups excluding carboxylic acids is 1. The van der Waals surface area contributed by atoms with Gasteiger partial charge in [-0.3, -0.25) is 19.3 Å². The molecule has 11 heteroatoms. The molecule has 0 saturated carbocycles. The van der Waals surface area contributed by atoms with Gasteiger partial charge in [0.2, 0.25) is 0 Å². The van der Waals surface area contributed by atoms with E-state index in [1.165, 1.54) is 12.3 Å². The van der Waals surface area contributed by atoms with Gasteiger partial charge >= 0.3 is 0 Å². The first-order valence-electron chi connectivity index (χ1n) is 11.9. The van der Waals surface area contributed by atoms with E-state index in [2.05, 4.69) is 37.0 Å². The van der Waals surface area contributed by atoms with Crippen LogP contribution in [0.3, 0.4) is 0 Å². The standard InChI is InChI=1S/C27H24FN7O2S/c1-4-37-19-7-8-21(30-15-19)26-34-33-23(35(26)24-10-6-17(3)38-24)9-5-16(2)32-27(36)20-11-12-29-22-13-18(28)14-31-25(20)22/h6-8,10-15H,2,4-5,9H2,1,3H3,(H,32,36). The highest BCUT2D eigenvalue weighted by molar-refractivity contribution is 7.14. The fraction of sp³-hybridized carbons (Fsp3) is 0.185. The van der Waals surface area contributed by atoms with E-state index in [1.807, 2.05) is 42.7 Å². The molecule has 0 aliphatic heterocycles. The lowest BCUT2D eigenvalue weighted by atomic mass is 10.1. The molecule has 0 bridgehead atoms. The van der Waals surface area contributed by atoms with Crippen LogP contribution in [0, 0.1) is 12.7 Å². The second-order valence-electron chi connectivity index (χ2n) is 8.41. The van der Waals surface area contributed by atoms with Gasteiger partial charge in [-0.15, -0.1) is 21.5 Å². The number of aromatic nitrogens is 6. The number of hydrogen-bond donors (Lipinski definition) is 1. The van der Waals surface area contributed by atoms with Crippen LogP contribution < -0.4 is 10.1 Å². The molecule has 0 aliphatic carbocycles. The quantitative estimate of drug-likeness (QED) is 0.284. The van der Waals surface area contributed by atoms with Crippen molar-refractivity contribution in [3.63, 3.8) is 0 Å². The first-order chi connectivity index (χ1) is 18.4. The smallest absolute Gasteiger partial charge is 0.257 e. The Balaban J connectivity index is 1.35. The lowest BCUT2D eigenvalue weighted by molar-refractivity contribution is 0.0966. The third kappa shape index (κ3) is 5.28. The number of rotatable bonds is 9. The van der Waals surface area contributed by atoms with Gasteiger partial charge in [0.05, 0.1) is 30.1 Å². The molecule has 0 unspecified atom stereocenters. The number of amides is 1. The Morgan fingerprint density at radius 2 is 2.00 bits per heavy atom. The molecule has 1 amide bonds. The minimum absolute atomic E-state index is 0.289. The van der Waals surface area contributed by atoms with Crippen molar-refractivity contribution in [3.8, 4) is 22.3 Å². The zero-order valence-corrected chi connectivity index (χ0v) is 21.6. The number of carbonyl (C=O) groups is 1. The van der Waals surface area contributed by atoms with Crippen LogP contribution in [0.5, 0.6) is 5.75 Å². The Morgan fingerprint density at radius 1 is 1.13 bits per heavy atom. The number of ether oxygens (including phenoxy) is 1. The van der Waals surface area contributed by atoms with E-state index in [1.54, 1.807) is 23.6 Å². The van der Waals surface area contributed by atoms with E-state index >= 15 is 0 Å². The van der Waals surface area contributed by atoms with Gasteiger partial charge in [-0.2, -0.15) is 0 Å². The maximum atomic E-state index is 13.5. The minimum Gasteiger partial charge on any atom is -0.492 e. The minimum atomic E-state index is -0.517. The summed E-state index contributed by atoms with van der Waals surface area (Å²) in [6.45, 7) is 8.54. The van der Waals surface area contributed by atoms with E-state index in [-0.39, 0.29) is 5.56 Å². The predicted octanol–water partition coefficient (Wildman–Crippen LogP) is 5.06. The molecule has 5 aromatic rings. The Bertz CT molecular complexity index is 1630. The Labute approximate surface area is 222 Å². The van der Waals surface area contributed by atoms with Crippen LogP contribution in [-0.4, -0.2) is 42.2 Å². The summed E-state index contributed by atoms with van der Waals surface area (Å²) in [5.41, 5.74) is 2.08. The average molecular weight is 530 g/mol. The summed E-state index contributed by atoms with van der Waals surface area (Å²) in [5.74, 6) is 1.09. The summed E-state index contributed by atoms with van der Waals surface area (Å²) >= 11 is 1.62. The van der Waals surface area contributed by atoms with Crippen LogP contribution in [0.25, 0.3) is 27.6 Å². The topological polar surface area (TPSA) is 108 Å². The number of hydrogen-bond acceptors (Lipinski definition) is 8. The van der Waals surface area contributed by atoms with Crippen molar-refractivity contribution in [3.05, 3.63) is 89.3 Å². The van der Waals surface area contributed by atoms with Crippen LogP contribution in [0.4, 0.5) is 4.39 Å². The predicted molar refractivity (Wildman–Crippen MR) is 143 cm³/mol. The number of nitrogens with zero attached hydrogens (tertiary/aromatic N) is 6. The molecule has 0 fully saturated rings. The van der Waals surface area contributed by atoms with Crippen molar-refractivity contribution in [2.45, 2.75) is 26.7 Å². The van der Waals surface area contributed by atoms with E-state index in [4.69, 9.17) is 4.74 Å². The SMILES string of the molecule is C=C(CCc1nnc(-c2ccc(OCC)cn2)n1-c1ccc(C)s1)NC(=O)c1ccnc2cc(F)cnc12. The Morgan fingerprint density at radius 3 is 2.74 bits per heavy atom. The average Bonchev–Trinajstić information content (AvgIpc) is 3.53. The molecule has 5 heterocycles. The molecule has 0 radical (unpaired) electrons. The van der Waals surface area contributed by atoms with Gasteiger partial charge in [0.25, 0.3) is 5.91 Å². The van der Waals surface area contributed by atoms with Crippen molar-refractivity contribution in [2.75, 3.05) is 6.61 Å². The first kappa shape index (κ1) is 25.2. The first-order valence-corrected chi connectivity index (χ1v) is 12.7. The Hall–Kier alpha value is -4.51. The van der Waals surface area contributed by atoms with Crippen LogP contribution in [-0.2, 0) is 6.42 Å². The molecule has 0 spiro atoms. The number of halogens is 1. The third-order valence-electron chi connectivity index (χ3n) is 5.68. The number of fused-ring (bicyclic) bond motifs is 1. The number of pyridine rings is 3. The van der Waals surface area contributed by atoms with Gasteiger partial charge in [0, 0.05) is 29.3 Å². The van der Waals surface area contributed by atoms with Crippen LogP contribution >= 0.6 is 11.3 Å². The molecule has 5 rings (SSSR count). The van der Waals surface area contributed by atoms with E-state index in [9.17, 15) is 9.18 Å². The van der Waals surface area contributed by atoms with Gasteiger partial charge in [0.15, 0.2) is 5.82 Å². The van der Waals surface area contributed by atoms with Crippen molar-refractivity contribution < 1.29 is 13.9 Å². The fourth-order valence-corrected chi connectivity index (χ4v) is 4.81. The van der Waals surface area contributed by atoms with Crippen molar-refractivity contribution >= 4 is 28.3 Å². The molecule has 5 aromatic heterocycles. The van der Waals surface area contributed by atoms with Gasteiger partial charge in [0.1, 0.15) is 33.6 Å². The largest absolute Gasteiger partial charge is 0.492 e. The number of allylic oxidation sites excluding steroid dienone is 1. The molecule has 0 aliphatic rings. The van der Waals surface area contributed by atoms with Crippen LogP contribution in [0.2, 0.25) is 0 Å². The van der Waals surface area contributed by atoms with Crippen molar-refractivity contribution in [1.29, 1.82) is 0 Å². The molecule has 9 nitrogen and oxygen atoms in total. The zero-order chi connectivity index (χ0) is 26.6. The highest BCUT2D eigenvalue weighted by Gasteiger charge is 2.19. The fourth-order valence-electron chi connectivity index (χ4n) is 3.92. The van der Waals surface area contributed by atoms with Gasteiger partial charge in [-0.25, -0.2) is 9.37 Å². The number of nitrogens with one attached hydrogen (secondary N) is 1. The highest BCUT2D eigenvalue weighted by atomic mass is 32.1. The van der Waals surface area contributed by atoms with Crippen molar-refractivity contribution in [2.24, 2.45) is 0 Å². The molecule has 0 atom stereocenters. The third-order valence-corrected chi connectivity index (χ3v) is 6.67. The maximum Gasteiger partial charge on any atom is 0.257 e. The Kier molecular flexibility index (Phi) is 7.18. The van der Waals surface area contributed by atoms with Crippen LogP contribution in [0.15, 0.2) is 67.3 Å². The normalized spacial score (nSPS) is 11.0. The number of thiophene rings is 1. The summed E-state index contributed by atoms with van der Waals surface area (Å²) in [7, 11) is 0. The second kappa shape index (κ2) is 10.9. The highest BCUT2D eigenvalue weighted by Crippen LogP contribution is 2.28. The van der Waals surface area contributed by atoms with E-state index in [0.29, 0.717) is 59.3 Å².